The second kappa shape index (κ2) is 13.7. The Morgan fingerprint density at radius 3 is 1.65 bits per heavy atom. The Hall–Kier alpha value is -3.47. The van der Waals surface area contributed by atoms with Crippen LogP contribution in [-0.4, -0.2) is 22.5 Å². The Labute approximate surface area is 294 Å². The Morgan fingerprint density at radius 2 is 1.16 bits per heavy atom. The Morgan fingerprint density at radius 1 is 0.673 bits per heavy atom. The van der Waals surface area contributed by atoms with Crippen LogP contribution >= 0.6 is 0 Å². The van der Waals surface area contributed by atoms with Crippen LogP contribution in [0.15, 0.2) is 85.2 Å². The average Bonchev–Trinajstić information content (AvgIpc) is 3.10. The van der Waals surface area contributed by atoms with Crippen molar-refractivity contribution in [2.75, 3.05) is 0 Å². The molecule has 4 aliphatic carbocycles. The fourth-order valence-corrected chi connectivity index (χ4v) is 9.45. The van der Waals surface area contributed by atoms with Crippen LogP contribution in [0, 0.1) is 28.6 Å². The van der Waals surface area contributed by atoms with Gasteiger partial charge >= 0.3 is 11.9 Å². The molecule has 0 radical (unpaired) electrons. The minimum atomic E-state index is -0.953. The lowest BCUT2D eigenvalue weighted by molar-refractivity contribution is -0.198. The molecular weight excluding hydrogens is 606 g/mol. The highest BCUT2D eigenvalue weighted by atomic mass is 16.6. The zero-order chi connectivity index (χ0) is 34.9. The maximum atomic E-state index is 14.6. The quantitative estimate of drug-likeness (QED) is 0.161. The highest BCUT2D eigenvalue weighted by Crippen LogP contribution is 2.58. The summed E-state index contributed by atoms with van der Waals surface area (Å²) in [5, 5.41) is 0. The Bertz CT molecular complexity index is 1510. The smallest absolute Gasteiger partial charge is 0.312 e. The molecule has 2 atom stereocenters. The lowest BCUT2D eigenvalue weighted by Crippen LogP contribution is -2.54. The third kappa shape index (κ3) is 7.37. The molecule has 262 valence electrons. The molecule has 5 heteroatoms. The van der Waals surface area contributed by atoms with E-state index < -0.39 is 16.4 Å². The SMILES string of the molecule is CCC(C)(CCC(C)(CCC(C)(C)C(=O)OC(C)(c1ccccc1)c1ccccc1)C(=O)OC12CC3CC(CC(C3)C1)C2)c1ccncc1. The lowest BCUT2D eigenvalue weighted by atomic mass is 9.54. The Kier molecular flexibility index (Phi) is 9.87. The molecule has 0 N–H and O–H groups in total. The van der Waals surface area contributed by atoms with E-state index in [1.807, 2.05) is 93.8 Å². The number of carbonyl (C=O) groups is 2. The first-order valence-electron chi connectivity index (χ1n) is 18.8. The van der Waals surface area contributed by atoms with Crippen LogP contribution in [0.3, 0.4) is 0 Å². The first kappa shape index (κ1) is 35.4. The molecule has 1 aromatic heterocycles. The monoisotopic (exact) mass is 663 g/mol. The van der Waals surface area contributed by atoms with Crippen molar-refractivity contribution in [3.8, 4) is 0 Å². The van der Waals surface area contributed by atoms with Gasteiger partial charge in [0.2, 0.25) is 0 Å². The van der Waals surface area contributed by atoms with Gasteiger partial charge in [-0.25, -0.2) is 0 Å². The van der Waals surface area contributed by atoms with Crippen molar-refractivity contribution in [1.29, 1.82) is 0 Å². The fraction of sp³-hybridized carbons (Fsp3) is 0.568. The number of aromatic nitrogens is 1. The number of rotatable bonds is 14. The van der Waals surface area contributed by atoms with Crippen LogP contribution in [0.2, 0.25) is 0 Å². The molecule has 7 rings (SSSR count). The maximum absolute atomic E-state index is 14.6. The van der Waals surface area contributed by atoms with Gasteiger partial charge in [-0.3, -0.25) is 14.6 Å². The van der Waals surface area contributed by atoms with Gasteiger partial charge in [-0.1, -0.05) is 74.5 Å². The van der Waals surface area contributed by atoms with E-state index in [0.717, 1.165) is 43.2 Å². The zero-order valence-corrected chi connectivity index (χ0v) is 30.7. The van der Waals surface area contributed by atoms with Crippen LogP contribution in [0.25, 0.3) is 0 Å². The highest BCUT2D eigenvalue weighted by molar-refractivity contribution is 5.79. The molecule has 1 heterocycles. The summed E-state index contributed by atoms with van der Waals surface area (Å²) in [7, 11) is 0. The third-order valence-electron chi connectivity index (χ3n) is 13.0. The summed E-state index contributed by atoms with van der Waals surface area (Å²) in [5.74, 6) is 1.73. The molecule has 5 nitrogen and oxygen atoms in total. The van der Waals surface area contributed by atoms with Crippen molar-refractivity contribution in [2.24, 2.45) is 28.6 Å². The average molecular weight is 664 g/mol. The summed E-state index contributed by atoms with van der Waals surface area (Å²) in [6.45, 7) is 12.5. The topological polar surface area (TPSA) is 65.5 Å². The fourth-order valence-electron chi connectivity index (χ4n) is 9.45. The lowest BCUT2D eigenvalue weighted by Gasteiger charge is -2.56. The summed E-state index contributed by atoms with van der Waals surface area (Å²) < 4.78 is 13.3. The van der Waals surface area contributed by atoms with Crippen molar-refractivity contribution in [3.63, 3.8) is 0 Å². The van der Waals surface area contributed by atoms with Crippen LogP contribution in [0.4, 0.5) is 0 Å². The number of pyridine rings is 1. The van der Waals surface area contributed by atoms with Gasteiger partial charge in [0.1, 0.15) is 5.60 Å². The molecule has 0 saturated heterocycles. The molecule has 4 saturated carbocycles. The summed E-state index contributed by atoms with van der Waals surface area (Å²) in [4.78, 5) is 33.1. The van der Waals surface area contributed by atoms with E-state index in [0.29, 0.717) is 37.0 Å². The third-order valence-corrected chi connectivity index (χ3v) is 13.0. The minimum Gasteiger partial charge on any atom is -0.459 e. The molecule has 4 bridgehead atoms. The van der Waals surface area contributed by atoms with Gasteiger partial charge in [-0.2, -0.15) is 0 Å². The normalized spacial score (nSPS) is 25.6. The zero-order valence-electron chi connectivity index (χ0n) is 30.7. The number of benzene rings is 2. The van der Waals surface area contributed by atoms with Gasteiger partial charge in [0.15, 0.2) is 5.60 Å². The number of hydrogen-bond donors (Lipinski definition) is 0. The summed E-state index contributed by atoms with van der Waals surface area (Å²) in [5.41, 5.74) is 0.144. The van der Waals surface area contributed by atoms with Crippen molar-refractivity contribution in [2.45, 2.75) is 129 Å². The summed E-state index contributed by atoms with van der Waals surface area (Å²) in [6, 6.07) is 24.1. The molecule has 0 spiro atoms. The minimum absolute atomic E-state index is 0.0785. The first-order valence-corrected chi connectivity index (χ1v) is 18.8. The van der Waals surface area contributed by atoms with Crippen molar-refractivity contribution >= 4 is 11.9 Å². The van der Waals surface area contributed by atoms with Crippen LogP contribution in [-0.2, 0) is 30.1 Å². The molecule has 0 aliphatic heterocycles. The predicted octanol–water partition coefficient (Wildman–Crippen LogP) is 10.4. The van der Waals surface area contributed by atoms with E-state index >= 15 is 0 Å². The number of hydrogen-bond acceptors (Lipinski definition) is 5. The van der Waals surface area contributed by atoms with Crippen LogP contribution in [0.1, 0.15) is 129 Å². The van der Waals surface area contributed by atoms with Gasteiger partial charge in [-0.05, 0) is 150 Å². The second-order valence-electron chi connectivity index (χ2n) is 17.2. The van der Waals surface area contributed by atoms with Gasteiger partial charge < -0.3 is 9.47 Å². The highest BCUT2D eigenvalue weighted by Gasteiger charge is 2.55. The molecule has 0 amide bonds. The largest absolute Gasteiger partial charge is 0.459 e. The molecule has 2 unspecified atom stereocenters. The van der Waals surface area contributed by atoms with Gasteiger partial charge in [0, 0.05) is 12.4 Å². The molecule has 4 fully saturated rings. The van der Waals surface area contributed by atoms with Crippen molar-refractivity contribution in [3.05, 3.63) is 102 Å². The predicted molar refractivity (Wildman–Crippen MR) is 195 cm³/mol. The molecule has 2 aromatic carbocycles. The molecule has 3 aromatic rings. The standard InChI is InChI=1S/C44H57NO4/c1-7-41(4,35-18-24-45-25-19-35)22-23-42(5,39(47)49-44-29-32-26-33(30-44)28-34(27-32)31-44)21-20-40(2,3)38(46)48-43(6,36-14-10-8-11-15-36)37-16-12-9-13-17-37/h8-19,24-25,32-34H,7,20-23,26-31H2,1-6H3. The molecular formula is C44H57NO4. The van der Waals surface area contributed by atoms with Crippen LogP contribution < -0.4 is 0 Å². The summed E-state index contributed by atoms with van der Waals surface area (Å²) >= 11 is 0. The van der Waals surface area contributed by atoms with E-state index in [2.05, 4.69) is 37.9 Å². The van der Waals surface area contributed by atoms with E-state index in [-0.39, 0.29) is 23.0 Å². The van der Waals surface area contributed by atoms with E-state index in [4.69, 9.17) is 9.47 Å². The molecule has 4 aliphatic rings. The van der Waals surface area contributed by atoms with Crippen LogP contribution in [0.5, 0.6) is 0 Å². The maximum Gasteiger partial charge on any atom is 0.312 e. The number of nitrogens with zero attached hydrogens (tertiary/aromatic N) is 1. The number of ether oxygens (including phenoxy) is 2. The Balaban J connectivity index is 1.23. The van der Waals surface area contributed by atoms with Gasteiger partial charge in [0.25, 0.3) is 0 Å². The number of esters is 2. The van der Waals surface area contributed by atoms with Crippen molar-refractivity contribution in [1.82, 2.24) is 4.98 Å². The van der Waals surface area contributed by atoms with Crippen molar-refractivity contribution < 1.29 is 19.1 Å². The van der Waals surface area contributed by atoms with E-state index in [1.165, 1.54) is 24.8 Å². The summed E-state index contributed by atoms with van der Waals surface area (Å²) in [6.07, 6.45) is 14.2. The van der Waals surface area contributed by atoms with Gasteiger partial charge in [-0.15, -0.1) is 0 Å². The molecule has 49 heavy (non-hydrogen) atoms. The first-order chi connectivity index (χ1) is 23.3. The second-order valence-corrected chi connectivity index (χ2v) is 17.2. The number of carbonyl (C=O) groups excluding carboxylic acids is 2. The van der Waals surface area contributed by atoms with E-state index in [1.54, 1.807) is 0 Å². The van der Waals surface area contributed by atoms with Gasteiger partial charge in [0.05, 0.1) is 10.8 Å². The van der Waals surface area contributed by atoms with E-state index in [9.17, 15) is 9.59 Å².